The van der Waals surface area contributed by atoms with Crippen LogP contribution in [0.3, 0.4) is 0 Å². The lowest BCUT2D eigenvalue weighted by Crippen LogP contribution is -2.59. The van der Waals surface area contributed by atoms with E-state index in [1.54, 1.807) is 0 Å². The van der Waals surface area contributed by atoms with Gasteiger partial charge in [-0.25, -0.2) is 0 Å². The molecule has 2 nitrogen and oxygen atoms in total. The Labute approximate surface area is 127 Å². The first kappa shape index (κ1) is 18.8. The van der Waals surface area contributed by atoms with Crippen LogP contribution in [-0.4, -0.2) is 42.3 Å². The fourth-order valence-corrected chi connectivity index (χ4v) is 4.04. The van der Waals surface area contributed by atoms with E-state index in [0.717, 1.165) is 32.5 Å². The third kappa shape index (κ3) is 5.13. The summed E-state index contributed by atoms with van der Waals surface area (Å²) in [6.07, 6.45) is 0.748. The monoisotopic (exact) mass is 308 g/mol. The van der Waals surface area contributed by atoms with Crippen LogP contribution in [0.15, 0.2) is 0 Å². The maximum atomic E-state index is 12.4. The summed E-state index contributed by atoms with van der Waals surface area (Å²) in [6, 6.07) is 0.173. The van der Waals surface area contributed by atoms with Crippen LogP contribution in [-0.2, 0) is 0 Å². The van der Waals surface area contributed by atoms with E-state index in [2.05, 4.69) is 24.1 Å². The fraction of sp³-hybridized carbons (Fsp3) is 1.00. The number of rotatable bonds is 9. The van der Waals surface area contributed by atoms with Crippen LogP contribution in [0.4, 0.5) is 13.2 Å². The molecule has 0 aromatic carbocycles. The molecule has 21 heavy (non-hydrogen) atoms. The molecule has 0 spiro atoms. The average molecular weight is 308 g/mol. The molecular formula is C16H31F3N2. The van der Waals surface area contributed by atoms with Gasteiger partial charge in [0.1, 0.15) is 0 Å². The summed E-state index contributed by atoms with van der Waals surface area (Å²) in [6.45, 7) is 9.11. The molecule has 126 valence electrons. The Morgan fingerprint density at radius 3 is 2.10 bits per heavy atom. The molecule has 1 N–H and O–H groups in total. The molecule has 1 unspecified atom stereocenters. The summed E-state index contributed by atoms with van der Waals surface area (Å²) in [7, 11) is 0. The van der Waals surface area contributed by atoms with Crippen LogP contribution in [0.2, 0.25) is 0 Å². The lowest BCUT2D eigenvalue weighted by molar-refractivity contribution is -0.136. The van der Waals surface area contributed by atoms with Crippen LogP contribution in [0.25, 0.3) is 0 Å². The molecule has 0 aliphatic heterocycles. The number of halogens is 3. The summed E-state index contributed by atoms with van der Waals surface area (Å²) in [4.78, 5) is 2.47. The van der Waals surface area contributed by atoms with Crippen molar-refractivity contribution in [3.8, 4) is 0 Å². The average Bonchev–Trinajstić information content (AvgIpc) is 2.88. The molecule has 0 heterocycles. The van der Waals surface area contributed by atoms with Gasteiger partial charge in [0.05, 0.1) is 0 Å². The molecule has 0 saturated heterocycles. The number of hydrogen-bond donors (Lipinski definition) is 1. The molecule has 1 rings (SSSR count). The van der Waals surface area contributed by atoms with Crippen LogP contribution < -0.4 is 5.32 Å². The highest BCUT2D eigenvalue weighted by Gasteiger charge is 2.44. The molecule has 0 amide bonds. The zero-order valence-corrected chi connectivity index (χ0v) is 13.7. The molecule has 0 aromatic rings. The van der Waals surface area contributed by atoms with Crippen molar-refractivity contribution in [1.29, 1.82) is 0 Å². The Hall–Kier alpha value is -0.290. The van der Waals surface area contributed by atoms with Gasteiger partial charge in [-0.05, 0) is 45.3 Å². The lowest BCUT2D eigenvalue weighted by Gasteiger charge is -2.47. The molecule has 0 bridgehead atoms. The van der Waals surface area contributed by atoms with Crippen molar-refractivity contribution in [2.75, 3.05) is 19.6 Å². The van der Waals surface area contributed by atoms with Gasteiger partial charge in [0.2, 0.25) is 0 Å². The Bertz CT molecular complexity index is 282. The van der Waals surface area contributed by atoms with Crippen molar-refractivity contribution in [2.24, 2.45) is 0 Å². The third-order valence-corrected chi connectivity index (χ3v) is 4.91. The van der Waals surface area contributed by atoms with Gasteiger partial charge in [0.15, 0.2) is 0 Å². The first-order valence-electron chi connectivity index (χ1n) is 8.44. The van der Waals surface area contributed by atoms with Gasteiger partial charge in [-0.2, -0.15) is 13.2 Å². The predicted octanol–water partition coefficient (Wildman–Crippen LogP) is 4.35. The van der Waals surface area contributed by atoms with Crippen molar-refractivity contribution < 1.29 is 13.2 Å². The number of hydrogen-bond acceptors (Lipinski definition) is 2. The van der Waals surface area contributed by atoms with E-state index in [9.17, 15) is 13.2 Å². The zero-order valence-electron chi connectivity index (χ0n) is 13.7. The number of nitrogens with zero attached hydrogens (tertiary/aromatic N) is 1. The second-order valence-electron chi connectivity index (χ2n) is 6.10. The van der Waals surface area contributed by atoms with E-state index in [1.165, 1.54) is 12.8 Å². The normalized spacial score (nSPS) is 20.1. The van der Waals surface area contributed by atoms with Crippen LogP contribution in [0.5, 0.6) is 0 Å². The van der Waals surface area contributed by atoms with E-state index in [1.807, 2.05) is 6.92 Å². The topological polar surface area (TPSA) is 15.3 Å². The second-order valence-corrected chi connectivity index (χ2v) is 6.10. The second kappa shape index (κ2) is 8.37. The van der Waals surface area contributed by atoms with Gasteiger partial charge in [-0.3, -0.25) is 4.90 Å². The maximum Gasteiger partial charge on any atom is 0.389 e. The molecule has 0 aromatic heterocycles. The number of nitrogens with one attached hydrogen (secondary N) is 1. The summed E-state index contributed by atoms with van der Waals surface area (Å²) in [5, 5.41) is 3.49. The smallest absolute Gasteiger partial charge is 0.312 e. The predicted molar refractivity (Wildman–Crippen MR) is 81.5 cm³/mol. The molecular weight excluding hydrogens is 277 g/mol. The van der Waals surface area contributed by atoms with Gasteiger partial charge < -0.3 is 5.32 Å². The number of likely N-dealkylation sites (N-methyl/N-ethyl adjacent to an activating group) is 2. The van der Waals surface area contributed by atoms with Crippen molar-refractivity contribution in [3.05, 3.63) is 0 Å². The van der Waals surface area contributed by atoms with Crippen LogP contribution in [0.1, 0.15) is 65.7 Å². The van der Waals surface area contributed by atoms with E-state index in [-0.39, 0.29) is 18.0 Å². The largest absolute Gasteiger partial charge is 0.389 e. The van der Waals surface area contributed by atoms with Gasteiger partial charge in [-0.15, -0.1) is 0 Å². The lowest BCUT2D eigenvalue weighted by atomic mass is 9.83. The molecule has 5 heteroatoms. The quantitative estimate of drug-likeness (QED) is 0.681. The third-order valence-electron chi connectivity index (χ3n) is 4.91. The van der Waals surface area contributed by atoms with E-state index in [4.69, 9.17) is 0 Å². The van der Waals surface area contributed by atoms with Crippen molar-refractivity contribution in [1.82, 2.24) is 10.2 Å². The first-order chi connectivity index (χ1) is 9.89. The van der Waals surface area contributed by atoms with Crippen LogP contribution in [0, 0.1) is 0 Å². The minimum absolute atomic E-state index is 0.0606. The molecule has 1 fully saturated rings. The minimum atomic E-state index is -4.03. The van der Waals surface area contributed by atoms with E-state index >= 15 is 0 Å². The standard InChI is InChI=1S/C16H31F3N2/c1-4-20-14(10-9-13-16(17,18)19)15(11-7-8-12-15)21(5-2)6-3/h14,20H,4-13H2,1-3H3. The summed E-state index contributed by atoms with van der Waals surface area (Å²) < 4.78 is 37.3. The maximum absolute atomic E-state index is 12.4. The molecule has 1 atom stereocenters. The Balaban J connectivity index is 2.78. The van der Waals surface area contributed by atoms with Crippen molar-refractivity contribution in [2.45, 2.75) is 83.5 Å². The summed E-state index contributed by atoms with van der Waals surface area (Å²) in [5.74, 6) is 0. The van der Waals surface area contributed by atoms with Gasteiger partial charge in [-0.1, -0.05) is 33.6 Å². The molecule has 1 saturated carbocycles. The number of alkyl halides is 3. The highest BCUT2D eigenvalue weighted by atomic mass is 19.4. The molecule has 0 radical (unpaired) electrons. The SMILES string of the molecule is CCNC(CCCC(F)(F)F)C1(N(CC)CC)CCCC1. The Morgan fingerprint density at radius 2 is 1.67 bits per heavy atom. The minimum Gasteiger partial charge on any atom is -0.312 e. The van der Waals surface area contributed by atoms with Crippen molar-refractivity contribution >= 4 is 0 Å². The highest BCUT2D eigenvalue weighted by Crippen LogP contribution is 2.40. The van der Waals surface area contributed by atoms with E-state index < -0.39 is 12.6 Å². The van der Waals surface area contributed by atoms with Crippen molar-refractivity contribution in [3.63, 3.8) is 0 Å². The van der Waals surface area contributed by atoms with Crippen LogP contribution >= 0.6 is 0 Å². The molecule has 1 aliphatic rings. The zero-order chi connectivity index (χ0) is 15.9. The summed E-state index contributed by atoms with van der Waals surface area (Å²) >= 11 is 0. The van der Waals surface area contributed by atoms with Gasteiger partial charge in [0.25, 0.3) is 0 Å². The fourth-order valence-electron chi connectivity index (χ4n) is 4.04. The van der Waals surface area contributed by atoms with Gasteiger partial charge in [0, 0.05) is 18.0 Å². The van der Waals surface area contributed by atoms with E-state index in [0.29, 0.717) is 6.42 Å². The summed E-state index contributed by atoms with van der Waals surface area (Å²) in [5.41, 5.74) is 0.0606. The first-order valence-corrected chi connectivity index (χ1v) is 8.44. The van der Waals surface area contributed by atoms with Gasteiger partial charge >= 0.3 is 6.18 Å². The Kier molecular flexibility index (Phi) is 7.48. The highest BCUT2D eigenvalue weighted by molar-refractivity contribution is 5.03. The Morgan fingerprint density at radius 1 is 1.10 bits per heavy atom. The molecule has 1 aliphatic carbocycles.